The quantitative estimate of drug-likeness (QED) is 0.883. The number of carbonyl (C=O) groups is 2. The number of benzene rings is 1. The average molecular weight is 321 g/mol. The van der Waals surface area contributed by atoms with E-state index >= 15 is 0 Å². The number of rotatable bonds is 5. The Kier molecular flexibility index (Phi) is 3.62. The monoisotopic (exact) mass is 320 g/mol. The summed E-state index contributed by atoms with van der Waals surface area (Å²) < 4.78 is 5.14. The number of halogens is 1. The van der Waals surface area contributed by atoms with Crippen LogP contribution >= 0.6 is 11.6 Å². The van der Waals surface area contributed by atoms with Gasteiger partial charge in [-0.25, -0.2) is 0 Å². The molecule has 1 aliphatic rings. The lowest BCUT2D eigenvalue weighted by atomic mass is 10.1. The van der Waals surface area contributed by atoms with Crippen molar-refractivity contribution in [1.29, 1.82) is 0 Å². The van der Waals surface area contributed by atoms with Crippen LogP contribution in [0.25, 0.3) is 11.3 Å². The van der Waals surface area contributed by atoms with E-state index in [9.17, 15) is 9.59 Å². The van der Waals surface area contributed by atoms with Gasteiger partial charge in [-0.05, 0) is 25.0 Å². The summed E-state index contributed by atoms with van der Waals surface area (Å²) in [5, 5.41) is 15.9. The fourth-order valence-corrected chi connectivity index (χ4v) is 2.31. The molecule has 0 unspecified atom stereocenters. The van der Waals surface area contributed by atoms with Crippen LogP contribution < -0.4 is 5.32 Å². The Labute approximate surface area is 131 Å². The molecule has 7 heteroatoms. The van der Waals surface area contributed by atoms with Crippen LogP contribution in [0.15, 0.2) is 34.9 Å². The van der Waals surface area contributed by atoms with Gasteiger partial charge in [0.2, 0.25) is 0 Å². The second-order valence-corrected chi connectivity index (χ2v) is 5.79. The number of carboxylic acid groups (broad SMARTS) is 1. The van der Waals surface area contributed by atoms with Crippen LogP contribution in [0.3, 0.4) is 0 Å². The number of aliphatic carboxylic acids is 1. The van der Waals surface area contributed by atoms with Gasteiger partial charge in [-0.15, -0.1) is 0 Å². The zero-order chi connectivity index (χ0) is 15.7. The van der Waals surface area contributed by atoms with Gasteiger partial charge < -0.3 is 14.9 Å². The van der Waals surface area contributed by atoms with E-state index < -0.39 is 17.3 Å². The summed E-state index contributed by atoms with van der Waals surface area (Å²) in [5.74, 6) is -0.913. The molecular formula is C15H13ClN2O4. The third kappa shape index (κ3) is 2.82. The molecule has 2 aromatic rings. The summed E-state index contributed by atoms with van der Waals surface area (Å²) in [7, 11) is 0. The zero-order valence-electron chi connectivity index (χ0n) is 11.5. The standard InChI is InChI=1S/C15H13ClN2O4/c16-10-3-1-2-9(6-10)12-7-11(18-22-12)13(19)17-8-15(4-5-15)14(20)21/h1-3,6-7H,4-5,8H2,(H,17,19)(H,20,21). The molecule has 1 aliphatic carbocycles. The van der Waals surface area contributed by atoms with E-state index in [2.05, 4.69) is 10.5 Å². The maximum atomic E-state index is 12.0. The molecule has 2 N–H and O–H groups in total. The molecule has 3 rings (SSSR count). The lowest BCUT2D eigenvalue weighted by Crippen LogP contribution is -2.34. The molecule has 6 nitrogen and oxygen atoms in total. The van der Waals surface area contributed by atoms with Gasteiger partial charge in [-0.3, -0.25) is 9.59 Å². The van der Waals surface area contributed by atoms with Crippen LogP contribution in [0.2, 0.25) is 5.02 Å². The van der Waals surface area contributed by atoms with Crippen molar-refractivity contribution < 1.29 is 19.2 Å². The Balaban J connectivity index is 1.68. The molecule has 0 bridgehead atoms. The van der Waals surface area contributed by atoms with Crippen molar-refractivity contribution in [2.45, 2.75) is 12.8 Å². The molecule has 0 radical (unpaired) electrons. The summed E-state index contributed by atoms with van der Waals surface area (Å²) in [6, 6.07) is 8.49. The van der Waals surface area contributed by atoms with Gasteiger partial charge in [-0.2, -0.15) is 0 Å². The van der Waals surface area contributed by atoms with E-state index in [1.54, 1.807) is 24.3 Å². The van der Waals surface area contributed by atoms with Crippen molar-refractivity contribution in [2.24, 2.45) is 5.41 Å². The summed E-state index contributed by atoms with van der Waals surface area (Å²) in [5.41, 5.74) is 0.00857. The Hall–Kier alpha value is -2.34. The van der Waals surface area contributed by atoms with Crippen LogP contribution in [-0.4, -0.2) is 28.7 Å². The Morgan fingerprint density at radius 3 is 2.77 bits per heavy atom. The summed E-state index contributed by atoms with van der Waals surface area (Å²) >= 11 is 5.90. The first-order valence-electron chi connectivity index (χ1n) is 6.74. The van der Waals surface area contributed by atoms with Crippen LogP contribution in [0.4, 0.5) is 0 Å². The highest BCUT2D eigenvalue weighted by Gasteiger charge is 2.50. The van der Waals surface area contributed by atoms with E-state index in [0.29, 0.717) is 29.2 Å². The molecule has 0 saturated heterocycles. The topological polar surface area (TPSA) is 92.4 Å². The molecule has 0 aliphatic heterocycles. The van der Waals surface area contributed by atoms with E-state index in [1.807, 2.05) is 0 Å². The first kappa shape index (κ1) is 14.6. The molecule has 114 valence electrons. The lowest BCUT2D eigenvalue weighted by molar-refractivity contribution is -0.143. The minimum absolute atomic E-state index is 0.0977. The number of nitrogens with zero attached hydrogens (tertiary/aromatic N) is 1. The minimum atomic E-state index is -0.882. The average Bonchev–Trinajstić information content (AvgIpc) is 3.13. The second kappa shape index (κ2) is 5.46. The summed E-state index contributed by atoms with van der Waals surface area (Å²) in [6.07, 6.45) is 1.16. The molecule has 0 spiro atoms. The van der Waals surface area contributed by atoms with E-state index in [1.165, 1.54) is 6.07 Å². The minimum Gasteiger partial charge on any atom is -0.481 e. The number of amides is 1. The van der Waals surface area contributed by atoms with Gasteiger partial charge in [0.1, 0.15) is 0 Å². The fraction of sp³-hybridized carbons (Fsp3) is 0.267. The predicted octanol–water partition coefficient (Wildman–Crippen LogP) is 2.59. The summed E-state index contributed by atoms with van der Waals surface area (Å²) in [6.45, 7) is 0.0977. The molecule has 1 aromatic carbocycles. The van der Waals surface area contributed by atoms with Gasteiger partial charge in [0.25, 0.3) is 5.91 Å². The lowest BCUT2D eigenvalue weighted by Gasteiger charge is -2.09. The normalized spacial score (nSPS) is 15.3. The van der Waals surface area contributed by atoms with Gasteiger partial charge in [0.15, 0.2) is 11.5 Å². The van der Waals surface area contributed by atoms with Crippen molar-refractivity contribution in [3.8, 4) is 11.3 Å². The molecule has 1 fully saturated rings. The van der Waals surface area contributed by atoms with Crippen LogP contribution in [0.1, 0.15) is 23.3 Å². The number of nitrogens with one attached hydrogen (secondary N) is 1. The number of carbonyl (C=O) groups excluding carboxylic acids is 1. The van der Waals surface area contributed by atoms with E-state index in [0.717, 1.165) is 0 Å². The third-order valence-electron chi connectivity index (χ3n) is 3.75. The van der Waals surface area contributed by atoms with E-state index in [4.69, 9.17) is 21.2 Å². The molecule has 22 heavy (non-hydrogen) atoms. The number of hydrogen-bond acceptors (Lipinski definition) is 4. The smallest absolute Gasteiger partial charge is 0.311 e. The van der Waals surface area contributed by atoms with Crippen LogP contribution in [-0.2, 0) is 4.79 Å². The maximum Gasteiger partial charge on any atom is 0.311 e. The van der Waals surface area contributed by atoms with Gasteiger partial charge in [-0.1, -0.05) is 28.9 Å². The molecule has 1 saturated carbocycles. The van der Waals surface area contributed by atoms with Crippen molar-refractivity contribution in [1.82, 2.24) is 10.5 Å². The first-order valence-corrected chi connectivity index (χ1v) is 7.12. The molecular weight excluding hydrogens is 308 g/mol. The highest BCUT2D eigenvalue weighted by atomic mass is 35.5. The van der Waals surface area contributed by atoms with Crippen LogP contribution in [0, 0.1) is 5.41 Å². The van der Waals surface area contributed by atoms with Crippen molar-refractivity contribution >= 4 is 23.5 Å². The van der Waals surface area contributed by atoms with Crippen molar-refractivity contribution in [3.63, 3.8) is 0 Å². The number of carboxylic acids is 1. The van der Waals surface area contributed by atoms with Crippen LogP contribution in [0.5, 0.6) is 0 Å². The zero-order valence-corrected chi connectivity index (χ0v) is 12.3. The fourth-order valence-electron chi connectivity index (χ4n) is 2.12. The van der Waals surface area contributed by atoms with Gasteiger partial charge >= 0.3 is 5.97 Å². The van der Waals surface area contributed by atoms with Crippen molar-refractivity contribution in [3.05, 3.63) is 41.0 Å². The Morgan fingerprint density at radius 2 is 2.14 bits per heavy atom. The Bertz CT molecular complexity index is 737. The molecule has 0 atom stereocenters. The van der Waals surface area contributed by atoms with Gasteiger partial charge in [0, 0.05) is 23.2 Å². The van der Waals surface area contributed by atoms with Gasteiger partial charge in [0.05, 0.1) is 5.41 Å². The molecule has 1 amide bonds. The molecule has 1 aromatic heterocycles. The summed E-state index contributed by atoms with van der Waals surface area (Å²) in [4.78, 5) is 23.1. The Morgan fingerprint density at radius 1 is 1.36 bits per heavy atom. The highest BCUT2D eigenvalue weighted by molar-refractivity contribution is 6.30. The highest BCUT2D eigenvalue weighted by Crippen LogP contribution is 2.45. The first-order chi connectivity index (χ1) is 10.5. The predicted molar refractivity (Wildman–Crippen MR) is 78.6 cm³/mol. The number of hydrogen-bond donors (Lipinski definition) is 2. The van der Waals surface area contributed by atoms with E-state index in [-0.39, 0.29) is 12.2 Å². The third-order valence-corrected chi connectivity index (χ3v) is 3.98. The number of aromatic nitrogens is 1. The molecule has 1 heterocycles. The largest absolute Gasteiger partial charge is 0.481 e. The SMILES string of the molecule is O=C(NCC1(C(=O)O)CC1)c1cc(-c2cccc(Cl)c2)on1. The van der Waals surface area contributed by atoms with Crippen molar-refractivity contribution in [2.75, 3.05) is 6.54 Å². The maximum absolute atomic E-state index is 12.0. The second-order valence-electron chi connectivity index (χ2n) is 5.35.